The molecule has 30 heavy (non-hydrogen) atoms. The molecule has 0 N–H and O–H groups in total. The van der Waals surface area contributed by atoms with Crippen molar-refractivity contribution in [1.29, 1.82) is 10.5 Å². The lowest BCUT2D eigenvalue weighted by atomic mass is 9.68. The zero-order valence-electron chi connectivity index (χ0n) is 18.6. The summed E-state index contributed by atoms with van der Waals surface area (Å²) in [6.07, 6.45) is 22.8. The zero-order valence-corrected chi connectivity index (χ0v) is 18.6. The molecule has 2 aliphatic rings. The molecule has 2 saturated carbocycles. The van der Waals surface area contributed by atoms with E-state index in [2.05, 4.69) is 24.3 Å². The highest BCUT2D eigenvalue weighted by atomic mass is 14.4. The minimum Gasteiger partial charge on any atom is -0.193 e. The van der Waals surface area contributed by atoms with Gasteiger partial charge in [0, 0.05) is 6.08 Å². The standard InChI is InChI=1S/C28H38N2/c29-21-5-1-2-6-24-13-17-27(18-14-24)28-19-15-25(16-20-28)8-4-3-7-23-9-11-26(22-30)12-10-23/h1,5,9-12,24-25,27-28H,2-4,6-8,13-20H2. The van der Waals surface area contributed by atoms with E-state index in [-0.39, 0.29) is 0 Å². The smallest absolute Gasteiger partial charge is 0.0991 e. The summed E-state index contributed by atoms with van der Waals surface area (Å²) in [7, 11) is 0. The van der Waals surface area contributed by atoms with Gasteiger partial charge >= 0.3 is 0 Å². The number of allylic oxidation sites excluding steroid dienone is 2. The number of rotatable bonds is 9. The molecule has 0 spiro atoms. The normalized spacial score (nSPS) is 26.9. The van der Waals surface area contributed by atoms with Gasteiger partial charge in [-0.25, -0.2) is 0 Å². The first-order valence-electron chi connectivity index (χ1n) is 12.3. The van der Waals surface area contributed by atoms with Crippen LogP contribution in [0.25, 0.3) is 0 Å². The summed E-state index contributed by atoms with van der Waals surface area (Å²) in [4.78, 5) is 0. The minimum absolute atomic E-state index is 0.761. The first kappa shape index (κ1) is 22.6. The van der Waals surface area contributed by atoms with Crippen LogP contribution >= 0.6 is 0 Å². The molecular weight excluding hydrogens is 364 g/mol. The molecule has 0 aromatic heterocycles. The molecule has 0 bridgehead atoms. The van der Waals surface area contributed by atoms with Gasteiger partial charge in [-0.2, -0.15) is 10.5 Å². The lowest BCUT2D eigenvalue weighted by molar-refractivity contribution is 0.140. The van der Waals surface area contributed by atoms with Crippen LogP contribution < -0.4 is 0 Å². The van der Waals surface area contributed by atoms with Crippen molar-refractivity contribution in [3.05, 3.63) is 47.5 Å². The summed E-state index contributed by atoms with van der Waals surface area (Å²) in [5, 5.41) is 17.5. The Morgan fingerprint density at radius 1 is 0.767 bits per heavy atom. The fraction of sp³-hybridized carbons (Fsp3) is 0.643. The Morgan fingerprint density at radius 3 is 1.93 bits per heavy atom. The number of hydrogen-bond acceptors (Lipinski definition) is 2. The van der Waals surface area contributed by atoms with Crippen molar-refractivity contribution in [2.45, 2.75) is 89.9 Å². The highest BCUT2D eigenvalue weighted by Crippen LogP contribution is 2.43. The second kappa shape index (κ2) is 12.6. The van der Waals surface area contributed by atoms with Gasteiger partial charge in [-0.15, -0.1) is 0 Å². The molecule has 160 valence electrons. The third-order valence-electron chi connectivity index (χ3n) is 7.79. The summed E-state index contributed by atoms with van der Waals surface area (Å²) in [5.74, 6) is 3.86. The lowest BCUT2D eigenvalue weighted by Crippen LogP contribution is -2.25. The molecule has 0 unspecified atom stereocenters. The van der Waals surface area contributed by atoms with E-state index in [1.807, 2.05) is 18.2 Å². The highest BCUT2D eigenvalue weighted by Gasteiger charge is 2.30. The summed E-state index contributed by atoms with van der Waals surface area (Å²) in [5.41, 5.74) is 2.13. The molecule has 1 aromatic rings. The third-order valence-corrected chi connectivity index (χ3v) is 7.79. The van der Waals surface area contributed by atoms with Gasteiger partial charge in [0.05, 0.1) is 17.7 Å². The van der Waals surface area contributed by atoms with Crippen molar-refractivity contribution < 1.29 is 0 Å². The molecule has 1 aromatic carbocycles. The molecule has 2 nitrogen and oxygen atoms in total. The fourth-order valence-electron chi connectivity index (χ4n) is 5.87. The summed E-state index contributed by atoms with van der Waals surface area (Å²) in [6.45, 7) is 0. The molecule has 0 saturated heterocycles. The Bertz CT molecular complexity index is 717. The highest BCUT2D eigenvalue weighted by molar-refractivity contribution is 5.31. The summed E-state index contributed by atoms with van der Waals surface area (Å²) >= 11 is 0. The second-order valence-electron chi connectivity index (χ2n) is 9.72. The van der Waals surface area contributed by atoms with Gasteiger partial charge in [-0.3, -0.25) is 0 Å². The Hall–Kier alpha value is -2.06. The van der Waals surface area contributed by atoms with Crippen LogP contribution in [0, 0.1) is 46.3 Å². The molecule has 2 heteroatoms. The van der Waals surface area contributed by atoms with E-state index in [1.165, 1.54) is 82.6 Å². The Kier molecular flexibility index (Phi) is 9.50. The topological polar surface area (TPSA) is 47.6 Å². The maximum Gasteiger partial charge on any atom is 0.0991 e. The van der Waals surface area contributed by atoms with Crippen LogP contribution in [0.3, 0.4) is 0 Å². The lowest BCUT2D eigenvalue weighted by Gasteiger charge is -2.38. The van der Waals surface area contributed by atoms with Crippen LogP contribution in [0.2, 0.25) is 0 Å². The SMILES string of the molecule is N#CC=CCCC1CCC(C2CCC(CCCCc3ccc(C#N)cc3)CC2)CC1. The average Bonchev–Trinajstić information content (AvgIpc) is 2.81. The van der Waals surface area contributed by atoms with Crippen LogP contribution in [0.5, 0.6) is 0 Å². The van der Waals surface area contributed by atoms with E-state index < -0.39 is 0 Å². The van der Waals surface area contributed by atoms with Crippen LogP contribution in [-0.2, 0) is 6.42 Å². The summed E-state index contributed by atoms with van der Waals surface area (Å²) in [6, 6.07) is 12.4. The van der Waals surface area contributed by atoms with Crippen LogP contribution in [0.1, 0.15) is 94.6 Å². The average molecular weight is 403 g/mol. The maximum absolute atomic E-state index is 8.89. The Balaban J connectivity index is 1.26. The Morgan fingerprint density at radius 2 is 1.37 bits per heavy atom. The molecule has 0 atom stereocenters. The zero-order chi connectivity index (χ0) is 21.0. The minimum atomic E-state index is 0.761. The van der Waals surface area contributed by atoms with Crippen molar-refractivity contribution in [2.75, 3.05) is 0 Å². The van der Waals surface area contributed by atoms with Gasteiger partial charge in [0.1, 0.15) is 0 Å². The van der Waals surface area contributed by atoms with E-state index in [0.717, 1.165) is 42.1 Å². The second-order valence-corrected chi connectivity index (χ2v) is 9.72. The van der Waals surface area contributed by atoms with E-state index >= 15 is 0 Å². The van der Waals surface area contributed by atoms with Gasteiger partial charge in [0.2, 0.25) is 0 Å². The number of unbranched alkanes of at least 4 members (excludes halogenated alkanes) is 1. The third kappa shape index (κ3) is 7.32. The van der Waals surface area contributed by atoms with Crippen LogP contribution in [0.15, 0.2) is 36.4 Å². The first-order chi connectivity index (χ1) is 14.8. The predicted octanol–water partition coefficient (Wildman–Crippen LogP) is 7.74. The molecule has 2 fully saturated rings. The molecule has 0 aliphatic heterocycles. The summed E-state index contributed by atoms with van der Waals surface area (Å²) < 4.78 is 0. The monoisotopic (exact) mass is 402 g/mol. The van der Waals surface area contributed by atoms with Gasteiger partial charge in [0.25, 0.3) is 0 Å². The number of nitrogens with zero attached hydrogens (tertiary/aromatic N) is 2. The number of aryl methyl sites for hydroxylation is 1. The van der Waals surface area contributed by atoms with Gasteiger partial charge in [-0.1, -0.05) is 56.7 Å². The van der Waals surface area contributed by atoms with Crippen molar-refractivity contribution in [3.63, 3.8) is 0 Å². The number of nitriles is 2. The predicted molar refractivity (Wildman–Crippen MR) is 124 cm³/mol. The van der Waals surface area contributed by atoms with Crippen LogP contribution in [-0.4, -0.2) is 0 Å². The van der Waals surface area contributed by atoms with E-state index in [0.29, 0.717) is 0 Å². The first-order valence-corrected chi connectivity index (χ1v) is 12.3. The molecule has 0 radical (unpaired) electrons. The molecule has 0 amide bonds. The quantitative estimate of drug-likeness (QED) is 0.313. The van der Waals surface area contributed by atoms with Crippen molar-refractivity contribution >= 4 is 0 Å². The molecule has 3 rings (SSSR count). The van der Waals surface area contributed by atoms with E-state index in [9.17, 15) is 0 Å². The van der Waals surface area contributed by atoms with Gasteiger partial charge in [0.15, 0.2) is 0 Å². The van der Waals surface area contributed by atoms with E-state index in [1.54, 1.807) is 6.08 Å². The fourth-order valence-corrected chi connectivity index (χ4v) is 5.87. The van der Waals surface area contributed by atoms with Crippen LogP contribution in [0.4, 0.5) is 0 Å². The molecule has 2 aliphatic carbocycles. The van der Waals surface area contributed by atoms with E-state index in [4.69, 9.17) is 10.5 Å². The van der Waals surface area contributed by atoms with Crippen molar-refractivity contribution in [3.8, 4) is 12.1 Å². The van der Waals surface area contributed by atoms with Crippen molar-refractivity contribution in [1.82, 2.24) is 0 Å². The number of benzene rings is 1. The van der Waals surface area contributed by atoms with Gasteiger partial charge < -0.3 is 0 Å². The molecule has 0 heterocycles. The largest absolute Gasteiger partial charge is 0.193 e. The maximum atomic E-state index is 8.89. The van der Waals surface area contributed by atoms with Gasteiger partial charge in [-0.05, 0) is 92.7 Å². The Labute approximate surface area is 184 Å². The van der Waals surface area contributed by atoms with Crippen molar-refractivity contribution in [2.24, 2.45) is 23.7 Å². The molecular formula is C28H38N2. The number of hydrogen-bond donors (Lipinski definition) is 0.